The van der Waals surface area contributed by atoms with E-state index in [0.717, 1.165) is 39.4 Å². The Morgan fingerprint density at radius 2 is 2.26 bits per heavy atom. The Morgan fingerprint density at radius 1 is 1.39 bits per heavy atom. The van der Waals surface area contributed by atoms with Gasteiger partial charge in [0.05, 0.1) is 12.1 Å². The largest absolute Gasteiger partial charge is 0.362 e. The van der Waals surface area contributed by atoms with Crippen LogP contribution in [0.2, 0.25) is 0 Å². The third-order valence-electron chi connectivity index (χ3n) is 3.23. The normalized spacial score (nSPS) is 12.0. The molecule has 0 spiro atoms. The smallest absolute Gasteiger partial charge is 0.170 e. The minimum absolute atomic E-state index is 0.0731. The van der Waals surface area contributed by atoms with Crippen LogP contribution >= 0.6 is 22.7 Å². The first-order chi connectivity index (χ1) is 11.2. The van der Waals surface area contributed by atoms with Crippen LogP contribution < -0.4 is 11.1 Å². The molecule has 7 heteroatoms. The SMILES string of the molecule is CC#Cc1c(C[C@H](C)N)sc2c(NCc3cccs3)nnnc12. The van der Waals surface area contributed by atoms with Crippen molar-refractivity contribution in [2.24, 2.45) is 5.73 Å². The fraction of sp³-hybridized carbons (Fsp3) is 0.312. The lowest BCUT2D eigenvalue weighted by molar-refractivity contribution is 0.746. The van der Waals surface area contributed by atoms with Gasteiger partial charge >= 0.3 is 0 Å². The van der Waals surface area contributed by atoms with E-state index in [1.165, 1.54) is 4.88 Å². The molecule has 1 atom stereocenters. The van der Waals surface area contributed by atoms with E-state index in [-0.39, 0.29) is 6.04 Å². The predicted molar refractivity (Wildman–Crippen MR) is 96.8 cm³/mol. The summed E-state index contributed by atoms with van der Waals surface area (Å²) >= 11 is 3.36. The summed E-state index contributed by atoms with van der Waals surface area (Å²) in [7, 11) is 0. The summed E-state index contributed by atoms with van der Waals surface area (Å²) in [5, 5.41) is 17.7. The predicted octanol–water partition coefficient (Wildman–Crippen LogP) is 3.02. The molecule has 0 amide bonds. The molecule has 0 aliphatic rings. The number of nitrogens with zero attached hydrogens (tertiary/aromatic N) is 3. The fourth-order valence-corrected chi connectivity index (χ4v) is 4.21. The van der Waals surface area contributed by atoms with Crippen LogP contribution in [0.25, 0.3) is 10.2 Å². The second kappa shape index (κ2) is 7.04. The van der Waals surface area contributed by atoms with E-state index in [9.17, 15) is 0 Å². The number of hydrogen-bond acceptors (Lipinski definition) is 7. The molecule has 0 saturated carbocycles. The first-order valence-electron chi connectivity index (χ1n) is 7.28. The highest BCUT2D eigenvalue weighted by Crippen LogP contribution is 2.34. The van der Waals surface area contributed by atoms with E-state index in [1.54, 1.807) is 22.7 Å². The minimum atomic E-state index is 0.0731. The van der Waals surface area contributed by atoms with Crippen molar-refractivity contribution in [1.29, 1.82) is 0 Å². The lowest BCUT2D eigenvalue weighted by atomic mass is 10.1. The van der Waals surface area contributed by atoms with Crippen molar-refractivity contribution in [2.75, 3.05) is 5.32 Å². The maximum absolute atomic E-state index is 5.96. The Kier molecular flexibility index (Phi) is 4.86. The van der Waals surface area contributed by atoms with Gasteiger partial charge in [-0.2, -0.15) is 0 Å². The number of nitrogens with one attached hydrogen (secondary N) is 1. The van der Waals surface area contributed by atoms with Crippen molar-refractivity contribution in [1.82, 2.24) is 15.4 Å². The second-order valence-corrected chi connectivity index (χ2v) is 7.34. The van der Waals surface area contributed by atoms with Crippen molar-refractivity contribution in [3.63, 3.8) is 0 Å². The highest BCUT2D eigenvalue weighted by atomic mass is 32.1. The topological polar surface area (TPSA) is 76.7 Å². The maximum Gasteiger partial charge on any atom is 0.170 e. The zero-order valence-corrected chi connectivity index (χ0v) is 14.6. The van der Waals surface area contributed by atoms with E-state index in [4.69, 9.17) is 5.73 Å². The Hall–Kier alpha value is -2.01. The van der Waals surface area contributed by atoms with Gasteiger partial charge in [-0.15, -0.1) is 38.8 Å². The quantitative estimate of drug-likeness (QED) is 0.696. The Labute approximate surface area is 142 Å². The molecule has 0 radical (unpaired) electrons. The van der Waals surface area contributed by atoms with Gasteiger partial charge in [0, 0.05) is 15.8 Å². The third-order valence-corrected chi connectivity index (χ3v) is 5.31. The molecule has 0 aliphatic heterocycles. The van der Waals surface area contributed by atoms with Gasteiger partial charge in [0.25, 0.3) is 0 Å². The zero-order chi connectivity index (χ0) is 16.2. The average Bonchev–Trinajstić information content (AvgIpc) is 3.14. The van der Waals surface area contributed by atoms with Crippen LogP contribution in [0, 0.1) is 11.8 Å². The molecule has 3 aromatic heterocycles. The minimum Gasteiger partial charge on any atom is -0.362 e. The number of rotatable bonds is 5. The van der Waals surface area contributed by atoms with Gasteiger partial charge in [-0.25, -0.2) is 0 Å². The molecule has 23 heavy (non-hydrogen) atoms. The number of aromatic nitrogens is 3. The van der Waals surface area contributed by atoms with E-state index in [1.807, 2.05) is 19.9 Å². The van der Waals surface area contributed by atoms with Crippen molar-refractivity contribution in [2.45, 2.75) is 32.9 Å². The monoisotopic (exact) mass is 343 g/mol. The molecule has 0 saturated heterocycles. The molecule has 118 valence electrons. The van der Waals surface area contributed by atoms with E-state index in [2.05, 4.69) is 44.0 Å². The van der Waals surface area contributed by atoms with Crippen LogP contribution in [0.3, 0.4) is 0 Å². The summed E-state index contributed by atoms with van der Waals surface area (Å²) in [6.07, 6.45) is 0.773. The summed E-state index contributed by atoms with van der Waals surface area (Å²) < 4.78 is 0.991. The number of hydrogen-bond donors (Lipinski definition) is 2. The van der Waals surface area contributed by atoms with E-state index in [0.29, 0.717) is 0 Å². The van der Waals surface area contributed by atoms with Crippen molar-refractivity contribution in [3.05, 3.63) is 32.8 Å². The average molecular weight is 343 g/mol. The molecular formula is C16H17N5S2. The Balaban J connectivity index is 2.00. The first-order valence-corrected chi connectivity index (χ1v) is 8.98. The number of anilines is 1. The highest BCUT2D eigenvalue weighted by Gasteiger charge is 2.17. The van der Waals surface area contributed by atoms with E-state index >= 15 is 0 Å². The van der Waals surface area contributed by atoms with Crippen LogP contribution in [0.4, 0.5) is 5.82 Å². The molecule has 3 aromatic rings. The first kappa shape index (κ1) is 15.9. The number of nitrogens with two attached hydrogens (primary N) is 1. The zero-order valence-electron chi connectivity index (χ0n) is 13.0. The molecule has 0 aliphatic carbocycles. The molecule has 3 heterocycles. The van der Waals surface area contributed by atoms with Gasteiger partial charge < -0.3 is 11.1 Å². The lowest BCUT2D eigenvalue weighted by Crippen LogP contribution is -2.17. The number of fused-ring (bicyclic) bond motifs is 1. The summed E-state index contributed by atoms with van der Waals surface area (Å²) in [4.78, 5) is 2.39. The van der Waals surface area contributed by atoms with Crippen LogP contribution in [0.15, 0.2) is 17.5 Å². The molecule has 0 bridgehead atoms. The van der Waals surface area contributed by atoms with Gasteiger partial charge in [-0.1, -0.05) is 12.0 Å². The van der Waals surface area contributed by atoms with Crippen LogP contribution in [-0.2, 0) is 13.0 Å². The van der Waals surface area contributed by atoms with Crippen molar-refractivity contribution < 1.29 is 0 Å². The van der Waals surface area contributed by atoms with Crippen LogP contribution in [0.5, 0.6) is 0 Å². The molecule has 5 nitrogen and oxygen atoms in total. The number of thiophene rings is 2. The van der Waals surface area contributed by atoms with Gasteiger partial charge in [-0.05, 0) is 36.9 Å². The van der Waals surface area contributed by atoms with Crippen molar-refractivity contribution in [3.8, 4) is 11.8 Å². The van der Waals surface area contributed by atoms with Crippen LogP contribution in [0.1, 0.15) is 29.2 Å². The fourth-order valence-electron chi connectivity index (χ4n) is 2.27. The molecule has 3 rings (SSSR count). The third kappa shape index (κ3) is 3.50. The van der Waals surface area contributed by atoms with Crippen molar-refractivity contribution >= 4 is 38.7 Å². The summed E-state index contributed by atoms with van der Waals surface area (Å²) in [6.45, 7) is 4.54. The Bertz CT molecular complexity index is 856. The molecular weight excluding hydrogens is 326 g/mol. The second-order valence-electron chi connectivity index (χ2n) is 5.21. The molecule has 0 unspecified atom stereocenters. The van der Waals surface area contributed by atoms with Gasteiger partial charge in [0.2, 0.25) is 0 Å². The Morgan fingerprint density at radius 3 is 2.96 bits per heavy atom. The van der Waals surface area contributed by atoms with Gasteiger partial charge in [0.15, 0.2) is 5.82 Å². The maximum atomic E-state index is 5.96. The highest BCUT2D eigenvalue weighted by molar-refractivity contribution is 7.19. The summed E-state index contributed by atoms with van der Waals surface area (Å²) in [6, 6.07) is 4.20. The molecule has 0 aromatic carbocycles. The van der Waals surface area contributed by atoms with Gasteiger partial charge in [0.1, 0.15) is 10.2 Å². The van der Waals surface area contributed by atoms with Gasteiger partial charge in [-0.3, -0.25) is 0 Å². The molecule has 3 N–H and O–H groups in total. The summed E-state index contributed by atoms with van der Waals surface area (Å²) in [5.41, 5.74) is 7.70. The van der Waals surface area contributed by atoms with Crippen LogP contribution in [-0.4, -0.2) is 21.5 Å². The summed E-state index contributed by atoms with van der Waals surface area (Å²) in [5.74, 6) is 6.86. The molecule has 0 fully saturated rings. The van der Waals surface area contributed by atoms with E-state index < -0.39 is 0 Å². The standard InChI is InChI=1S/C16H17N5S2/c1-3-5-12-13(8-10(2)17)23-15-14(12)19-21-20-16(15)18-9-11-6-4-7-22-11/h4,6-7,10H,8-9,17H2,1-2H3,(H,18,19,20)/t10-/m0/s1. The lowest BCUT2D eigenvalue weighted by Gasteiger charge is -2.03.